The summed E-state index contributed by atoms with van der Waals surface area (Å²) < 4.78 is 43.1. The predicted octanol–water partition coefficient (Wildman–Crippen LogP) is 4.00. The van der Waals surface area contributed by atoms with Crippen molar-refractivity contribution in [2.45, 2.75) is 91.5 Å². The fourth-order valence-corrected chi connectivity index (χ4v) is 7.81. The molecule has 2 aromatic rings. The molecule has 13 nitrogen and oxygen atoms in total. The van der Waals surface area contributed by atoms with Gasteiger partial charge in [-0.1, -0.05) is 114 Å². The molecular formula is C42H64N4O9S. The third-order valence-corrected chi connectivity index (χ3v) is 11.6. The van der Waals surface area contributed by atoms with Crippen LogP contribution in [0.3, 0.4) is 0 Å². The van der Waals surface area contributed by atoms with Crippen molar-refractivity contribution in [2.24, 2.45) is 28.4 Å². The van der Waals surface area contributed by atoms with Crippen LogP contribution >= 0.6 is 0 Å². The van der Waals surface area contributed by atoms with E-state index in [1.807, 2.05) is 81.4 Å². The van der Waals surface area contributed by atoms with E-state index in [0.717, 1.165) is 36.6 Å². The zero-order valence-electron chi connectivity index (χ0n) is 34.0. The lowest BCUT2D eigenvalue weighted by Crippen LogP contribution is -2.63. The van der Waals surface area contributed by atoms with Crippen LogP contribution in [0, 0.1) is 22.7 Å². The number of nitrogens with two attached hydrogens (primary N) is 1. The van der Waals surface area contributed by atoms with Crippen LogP contribution < -0.4 is 21.7 Å². The highest BCUT2D eigenvalue weighted by molar-refractivity contribution is 7.90. The van der Waals surface area contributed by atoms with Crippen molar-refractivity contribution in [1.82, 2.24) is 16.0 Å². The van der Waals surface area contributed by atoms with Gasteiger partial charge in [0, 0.05) is 30.9 Å². The zero-order chi connectivity index (χ0) is 41.4. The molecule has 312 valence electrons. The van der Waals surface area contributed by atoms with E-state index < -0.39 is 56.4 Å². The van der Waals surface area contributed by atoms with Gasteiger partial charge in [0.15, 0.2) is 9.84 Å². The van der Waals surface area contributed by atoms with Crippen molar-refractivity contribution in [3.05, 3.63) is 83.1 Å². The summed E-state index contributed by atoms with van der Waals surface area (Å²) in [5.74, 6) is -3.33. The average molecular weight is 801 g/mol. The van der Waals surface area contributed by atoms with Gasteiger partial charge >= 0.3 is 0 Å². The van der Waals surface area contributed by atoms with Crippen molar-refractivity contribution in [3.63, 3.8) is 0 Å². The van der Waals surface area contributed by atoms with Gasteiger partial charge in [0.1, 0.15) is 23.4 Å². The van der Waals surface area contributed by atoms with Gasteiger partial charge < -0.3 is 41.0 Å². The molecule has 0 fully saturated rings. The van der Waals surface area contributed by atoms with Crippen molar-refractivity contribution in [2.75, 3.05) is 45.7 Å². The topological polar surface area (TPSA) is 195 Å². The highest BCUT2D eigenvalue weighted by Crippen LogP contribution is 2.55. The minimum Gasteiger partial charge on any atom is -0.386 e. The standard InChI is InChI=1S/C42H64N4O9S/c1-7-9-12-17-31(4)41(27-54-23-22-53-5)26-42(40(43)50,28-55-25-33-20-15-11-16-21-33)37(47)36(45-29-56(6,51)52)34(41)38(48)46-35(30(3)8-2)39(49)44-24-32-18-13-10-14-19-32/h10-11,13-16,18-21,30-31,35,37,45,47H,7-9,12,17,22-29H2,1-6H3,(H2,43,50)(H,44,49)(H,46,48). The number of sulfone groups is 1. The van der Waals surface area contributed by atoms with E-state index >= 15 is 4.79 Å². The highest BCUT2D eigenvalue weighted by Gasteiger charge is 2.61. The van der Waals surface area contributed by atoms with Crippen LogP contribution in [0.5, 0.6) is 0 Å². The van der Waals surface area contributed by atoms with Crippen LogP contribution in [-0.2, 0) is 51.6 Å². The number of methoxy groups -OCH3 is 1. The summed E-state index contributed by atoms with van der Waals surface area (Å²) in [6.07, 6.45) is 2.83. The molecule has 0 radical (unpaired) electrons. The van der Waals surface area contributed by atoms with E-state index in [-0.39, 0.29) is 69.1 Å². The van der Waals surface area contributed by atoms with Crippen LogP contribution in [0.1, 0.15) is 77.3 Å². The molecular weight excluding hydrogens is 737 g/mol. The quantitative estimate of drug-likeness (QED) is 0.0917. The second-order valence-corrected chi connectivity index (χ2v) is 17.4. The van der Waals surface area contributed by atoms with Gasteiger partial charge in [-0.15, -0.1) is 0 Å². The van der Waals surface area contributed by atoms with Crippen molar-refractivity contribution in [1.29, 1.82) is 0 Å². The lowest BCUT2D eigenvalue weighted by molar-refractivity contribution is -0.152. The smallest absolute Gasteiger partial charge is 0.250 e. The van der Waals surface area contributed by atoms with Crippen LogP contribution in [0.2, 0.25) is 0 Å². The second kappa shape index (κ2) is 22.2. The molecule has 0 heterocycles. The first-order valence-corrected chi connectivity index (χ1v) is 21.7. The molecule has 6 atom stereocenters. The van der Waals surface area contributed by atoms with E-state index in [4.69, 9.17) is 19.9 Å². The summed E-state index contributed by atoms with van der Waals surface area (Å²) in [6, 6.07) is 17.7. The molecule has 0 bridgehead atoms. The fraction of sp³-hybridized carbons (Fsp3) is 0.595. The molecule has 0 aliphatic heterocycles. The summed E-state index contributed by atoms with van der Waals surface area (Å²) in [5.41, 5.74) is 4.63. The normalized spacial score (nSPS) is 21.5. The number of carbonyl (C=O) groups is 3. The number of hydrogen-bond acceptors (Lipinski definition) is 10. The van der Waals surface area contributed by atoms with E-state index in [1.165, 1.54) is 7.11 Å². The Balaban J connectivity index is 2.27. The number of carbonyl (C=O) groups excluding carboxylic acids is 3. The lowest BCUT2D eigenvalue weighted by atomic mass is 9.54. The number of aliphatic hydroxyl groups is 1. The molecule has 3 rings (SSSR count). The average Bonchev–Trinajstić information content (AvgIpc) is 3.18. The molecule has 56 heavy (non-hydrogen) atoms. The Hall–Kier alpha value is -3.82. The molecule has 1 aliphatic rings. The SMILES string of the molecule is CCCCCC(C)C1(COCCOC)CC(COCc2ccccc2)(C(N)=O)C(O)C(NCS(C)(=O)=O)=C1C(=O)NC(C(=O)NCc1ccccc1)C(C)CC. The molecule has 6 N–H and O–H groups in total. The first-order valence-electron chi connectivity index (χ1n) is 19.6. The monoisotopic (exact) mass is 800 g/mol. The summed E-state index contributed by atoms with van der Waals surface area (Å²) in [7, 11) is -2.20. The van der Waals surface area contributed by atoms with E-state index in [2.05, 4.69) is 22.9 Å². The minimum absolute atomic E-state index is 0.0131. The maximum atomic E-state index is 15.1. The summed E-state index contributed by atoms with van der Waals surface area (Å²) in [6.45, 7) is 8.10. The van der Waals surface area contributed by atoms with Gasteiger partial charge in [-0.3, -0.25) is 14.4 Å². The van der Waals surface area contributed by atoms with Gasteiger partial charge in [0.05, 0.1) is 38.7 Å². The van der Waals surface area contributed by atoms with E-state index in [9.17, 15) is 23.1 Å². The maximum Gasteiger partial charge on any atom is 0.250 e. The number of ether oxygens (including phenoxy) is 3. The first kappa shape index (κ1) is 46.6. The van der Waals surface area contributed by atoms with Crippen LogP contribution in [-0.4, -0.2) is 89.1 Å². The molecule has 0 saturated carbocycles. The lowest BCUT2D eigenvalue weighted by Gasteiger charge is -2.53. The Morgan fingerprint density at radius 3 is 2.16 bits per heavy atom. The van der Waals surface area contributed by atoms with Crippen LogP contribution in [0.4, 0.5) is 0 Å². The summed E-state index contributed by atoms with van der Waals surface area (Å²) >= 11 is 0. The summed E-state index contributed by atoms with van der Waals surface area (Å²) in [4.78, 5) is 42.9. The molecule has 3 amide bonds. The number of unbranched alkanes of at least 4 members (excludes halogenated alkanes) is 2. The number of nitrogens with one attached hydrogen (secondary N) is 3. The number of benzene rings is 2. The molecule has 1 aliphatic carbocycles. The van der Waals surface area contributed by atoms with Crippen molar-refractivity contribution in [3.8, 4) is 0 Å². The maximum absolute atomic E-state index is 15.1. The van der Waals surface area contributed by atoms with Gasteiger partial charge in [-0.05, 0) is 35.8 Å². The highest BCUT2D eigenvalue weighted by atomic mass is 32.2. The number of hydrogen-bond donors (Lipinski definition) is 5. The van der Waals surface area contributed by atoms with Crippen molar-refractivity contribution < 1.29 is 42.1 Å². The zero-order valence-corrected chi connectivity index (χ0v) is 34.8. The first-order chi connectivity index (χ1) is 26.7. The second-order valence-electron chi connectivity index (χ2n) is 15.3. The minimum atomic E-state index is -3.74. The molecule has 0 aromatic heterocycles. The molecule has 14 heteroatoms. The molecule has 6 unspecified atom stereocenters. The van der Waals surface area contributed by atoms with Crippen LogP contribution in [0.25, 0.3) is 0 Å². The Labute approximate surface area is 333 Å². The number of rotatable bonds is 25. The Kier molecular flexibility index (Phi) is 18.5. The van der Waals surface area contributed by atoms with E-state index in [1.54, 1.807) is 0 Å². The number of amides is 3. The van der Waals surface area contributed by atoms with Gasteiger partial charge in [0.2, 0.25) is 17.7 Å². The molecule has 0 spiro atoms. The Morgan fingerprint density at radius 1 is 0.946 bits per heavy atom. The summed E-state index contributed by atoms with van der Waals surface area (Å²) in [5, 5.41) is 21.2. The predicted molar refractivity (Wildman–Crippen MR) is 216 cm³/mol. The largest absolute Gasteiger partial charge is 0.386 e. The third-order valence-electron chi connectivity index (χ3n) is 11.0. The Bertz CT molecular complexity index is 1690. The molecule has 2 aromatic carbocycles. The third kappa shape index (κ3) is 12.6. The van der Waals surface area contributed by atoms with Gasteiger partial charge in [-0.25, -0.2) is 8.42 Å². The fourth-order valence-electron chi connectivity index (χ4n) is 7.39. The Morgan fingerprint density at radius 2 is 1.59 bits per heavy atom. The number of primary amides is 1. The number of aliphatic hydroxyl groups excluding tert-OH is 1. The van der Waals surface area contributed by atoms with E-state index in [0.29, 0.717) is 12.8 Å². The van der Waals surface area contributed by atoms with Crippen LogP contribution in [0.15, 0.2) is 71.9 Å². The van der Waals surface area contributed by atoms with Crippen molar-refractivity contribution >= 4 is 27.6 Å². The van der Waals surface area contributed by atoms with Gasteiger partial charge in [0.25, 0.3) is 0 Å². The molecule has 0 saturated heterocycles. The van der Waals surface area contributed by atoms with Gasteiger partial charge in [-0.2, -0.15) is 0 Å².